The average molecular weight is 333 g/mol. The Hall–Kier alpha value is -3.08. The van der Waals surface area contributed by atoms with E-state index in [9.17, 15) is 4.79 Å². The van der Waals surface area contributed by atoms with Crippen LogP contribution in [-0.2, 0) is 0 Å². The molecule has 4 rings (SSSR count). The van der Waals surface area contributed by atoms with E-state index in [-0.39, 0.29) is 5.91 Å². The molecule has 126 valence electrons. The van der Waals surface area contributed by atoms with Crippen molar-refractivity contribution < 1.29 is 9.53 Å². The Bertz CT molecular complexity index is 940. The minimum absolute atomic E-state index is 0.0968. The lowest BCUT2D eigenvalue weighted by atomic mass is 10.1. The lowest BCUT2D eigenvalue weighted by Crippen LogP contribution is -2.25. The van der Waals surface area contributed by atoms with E-state index in [2.05, 4.69) is 15.5 Å². The van der Waals surface area contributed by atoms with Crippen LogP contribution in [0.2, 0.25) is 0 Å². The molecular weight excluding hydrogens is 314 g/mol. The molecule has 25 heavy (non-hydrogen) atoms. The largest absolute Gasteiger partial charge is 0.495 e. The summed E-state index contributed by atoms with van der Waals surface area (Å²) < 4.78 is 5.58. The smallest absolute Gasteiger partial charge is 0.255 e. The summed E-state index contributed by atoms with van der Waals surface area (Å²) >= 11 is 0. The molecule has 1 fully saturated rings. The number of amides is 1. The number of fused-ring (bicyclic) bond motifs is 1. The van der Waals surface area contributed by atoms with Crippen LogP contribution in [0.3, 0.4) is 0 Å². The summed E-state index contributed by atoms with van der Waals surface area (Å²) in [6.45, 7) is 0. The summed E-state index contributed by atoms with van der Waals surface area (Å²) in [5.41, 5.74) is 3.22. The fourth-order valence-corrected chi connectivity index (χ4v) is 2.85. The number of carbonyl (C=O) groups is 1. The highest BCUT2D eigenvalue weighted by atomic mass is 16.5. The standard InChI is InChI=1S/C20H19N3O2/c1-25-19-15(20(24)21-14-8-9-14)10-12-17-18(19)16(22-23-17)11-7-13-5-3-2-4-6-13/h2-7,10-12,14H,8-9H2,1H3,(H,21,24)(H,22,23)/b11-7+. The van der Waals surface area contributed by atoms with Crippen LogP contribution < -0.4 is 10.1 Å². The van der Waals surface area contributed by atoms with E-state index < -0.39 is 0 Å². The first-order valence-electron chi connectivity index (χ1n) is 8.35. The first-order chi connectivity index (χ1) is 12.3. The first kappa shape index (κ1) is 15.4. The van der Waals surface area contributed by atoms with Gasteiger partial charge in [-0.05, 0) is 36.6 Å². The van der Waals surface area contributed by atoms with E-state index in [1.165, 1.54) is 0 Å². The van der Waals surface area contributed by atoms with Crippen molar-refractivity contribution in [3.63, 3.8) is 0 Å². The highest BCUT2D eigenvalue weighted by molar-refractivity contribution is 6.05. The molecule has 1 amide bonds. The van der Waals surface area contributed by atoms with Crippen molar-refractivity contribution in [3.05, 3.63) is 59.3 Å². The van der Waals surface area contributed by atoms with Crippen molar-refractivity contribution in [3.8, 4) is 5.75 Å². The van der Waals surface area contributed by atoms with Crippen LogP contribution in [0.25, 0.3) is 23.1 Å². The minimum atomic E-state index is -0.0968. The molecule has 1 aliphatic rings. The molecule has 0 bridgehead atoms. The number of hydrogen-bond donors (Lipinski definition) is 2. The van der Waals surface area contributed by atoms with Crippen LogP contribution in [0.15, 0.2) is 42.5 Å². The number of aromatic nitrogens is 2. The number of methoxy groups -OCH3 is 1. The van der Waals surface area contributed by atoms with Crippen LogP contribution in [0.5, 0.6) is 5.75 Å². The number of aromatic amines is 1. The highest BCUT2D eigenvalue weighted by Crippen LogP contribution is 2.33. The summed E-state index contributed by atoms with van der Waals surface area (Å²) in [5, 5.41) is 11.2. The molecule has 0 unspecified atom stereocenters. The van der Waals surface area contributed by atoms with E-state index in [0.29, 0.717) is 17.4 Å². The number of rotatable bonds is 5. The van der Waals surface area contributed by atoms with E-state index in [1.807, 2.05) is 48.6 Å². The second kappa shape index (κ2) is 6.43. The number of H-pyrrole nitrogens is 1. The van der Waals surface area contributed by atoms with Gasteiger partial charge in [0.05, 0.1) is 29.3 Å². The number of nitrogens with zero attached hydrogens (tertiary/aromatic N) is 1. The molecule has 1 saturated carbocycles. The van der Waals surface area contributed by atoms with Gasteiger partial charge < -0.3 is 10.1 Å². The maximum Gasteiger partial charge on any atom is 0.255 e. The molecule has 1 heterocycles. The predicted octanol–water partition coefficient (Wildman–Crippen LogP) is 3.63. The van der Waals surface area contributed by atoms with E-state index >= 15 is 0 Å². The molecule has 5 nitrogen and oxygen atoms in total. The van der Waals surface area contributed by atoms with Gasteiger partial charge in [0.1, 0.15) is 5.75 Å². The zero-order chi connectivity index (χ0) is 17.2. The maximum absolute atomic E-state index is 12.5. The molecular formula is C20H19N3O2. The maximum atomic E-state index is 12.5. The summed E-state index contributed by atoms with van der Waals surface area (Å²) in [6, 6.07) is 13.9. The van der Waals surface area contributed by atoms with Gasteiger partial charge in [-0.1, -0.05) is 36.4 Å². The third-order valence-corrected chi connectivity index (χ3v) is 4.31. The average Bonchev–Trinajstić information content (AvgIpc) is 3.36. The molecule has 0 saturated heterocycles. The van der Waals surface area contributed by atoms with Gasteiger partial charge in [-0.15, -0.1) is 0 Å². The van der Waals surface area contributed by atoms with Gasteiger partial charge in [0.25, 0.3) is 5.91 Å². The third kappa shape index (κ3) is 3.13. The fourth-order valence-electron chi connectivity index (χ4n) is 2.85. The molecule has 3 aromatic rings. The quantitative estimate of drug-likeness (QED) is 0.749. The first-order valence-corrected chi connectivity index (χ1v) is 8.35. The van der Waals surface area contributed by atoms with Crippen LogP contribution in [-0.4, -0.2) is 29.3 Å². The van der Waals surface area contributed by atoms with Gasteiger partial charge in [0.2, 0.25) is 0 Å². The Labute approximate surface area is 145 Å². The van der Waals surface area contributed by atoms with Gasteiger partial charge >= 0.3 is 0 Å². The number of nitrogens with one attached hydrogen (secondary N) is 2. The van der Waals surface area contributed by atoms with E-state index in [1.54, 1.807) is 13.2 Å². The third-order valence-electron chi connectivity index (χ3n) is 4.31. The zero-order valence-corrected chi connectivity index (χ0v) is 14.0. The summed E-state index contributed by atoms with van der Waals surface area (Å²) in [7, 11) is 1.58. The van der Waals surface area contributed by atoms with Crippen LogP contribution in [0, 0.1) is 0 Å². The molecule has 0 atom stereocenters. The second-order valence-electron chi connectivity index (χ2n) is 6.17. The minimum Gasteiger partial charge on any atom is -0.495 e. The molecule has 5 heteroatoms. The molecule has 0 radical (unpaired) electrons. The van der Waals surface area contributed by atoms with Gasteiger partial charge in [-0.2, -0.15) is 5.10 Å². The zero-order valence-electron chi connectivity index (χ0n) is 14.0. The molecule has 0 aliphatic heterocycles. The Morgan fingerprint density at radius 2 is 2.00 bits per heavy atom. The lowest BCUT2D eigenvalue weighted by Gasteiger charge is -2.10. The molecule has 2 N–H and O–H groups in total. The summed E-state index contributed by atoms with van der Waals surface area (Å²) in [6.07, 6.45) is 6.05. The van der Waals surface area contributed by atoms with Crippen molar-refractivity contribution in [1.82, 2.24) is 15.5 Å². The van der Waals surface area contributed by atoms with Crippen molar-refractivity contribution in [2.45, 2.75) is 18.9 Å². The van der Waals surface area contributed by atoms with Gasteiger partial charge in [-0.25, -0.2) is 0 Å². The van der Waals surface area contributed by atoms with Gasteiger partial charge in [-0.3, -0.25) is 9.89 Å². The van der Waals surface area contributed by atoms with E-state index in [4.69, 9.17) is 4.74 Å². The van der Waals surface area contributed by atoms with Gasteiger partial charge in [0, 0.05) is 6.04 Å². The normalized spacial score (nSPS) is 14.1. The topological polar surface area (TPSA) is 67.0 Å². The van der Waals surface area contributed by atoms with Crippen molar-refractivity contribution in [2.75, 3.05) is 7.11 Å². The Morgan fingerprint density at radius 3 is 2.72 bits per heavy atom. The molecule has 1 aromatic heterocycles. The number of carbonyl (C=O) groups excluding carboxylic acids is 1. The lowest BCUT2D eigenvalue weighted by molar-refractivity contribution is 0.0948. The Balaban J connectivity index is 1.75. The predicted molar refractivity (Wildman–Crippen MR) is 98.5 cm³/mol. The SMILES string of the molecule is COc1c(C(=O)NC2CC2)ccc2n[nH]c(/C=C/c3ccccc3)c12. The molecule has 2 aromatic carbocycles. The highest BCUT2D eigenvalue weighted by Gasteiger charge is 2.26. The molecule has 0 spiro atoms. The van der Waals surface area contributed by atoms with Crippen molar-refractivity contribution in [2.24, 2.45) is 0 Å². The van der Waals surface area contributed by atoms with Gasteiger partial charge in [0.15, 0.2) is 0 Å². The Morgan fingerprint density at radius 1 is 1.20 bits per heavy atom. The number of hydrogen-bond acceptors (Lipinski definition) is 3. The van der Waals surface area contributed by atoms with Crippen LogP contribution in [0.1, 0.15) is 34.5 Å². The fraction of sp³-hybridized carbons (Fsp3) is 0.200. The molecule has 1 aliphatic carbocycles. The van der Waals surface area contributed by atoms with Crippen LogP contribution >= 0.6 is 0 Å². The number of benzene rings is 2. The monoisotopic (exact) mass is 333 g/mol. The number of ether oxygens (including phenoxy) is 1. The van der Waals surface area contributed by atoms with E-state index in [0.717, 1.165) is 35.0 Å². The summed E-state index contributed by atoms with van der Waals surface area (Å²) in [5.74, 6) is 0.456. The summed E-state index contributed by atoms with van der Waals surface area (Å²) in [4.78, 5) is 12.5. The van der Waals surface area contributed by atoms with Crippen LogP contribution in [0.4, 0.5) is 0 Å². The van der Waals surface area contributed by atoms with Crippen molar-refractivity contribution in [1.29, 1.82) is 0 Å². The van der Waals surface area contributed by atoms with Crippen molar-refractivity contribution >= 4 is 29.0 Å². The Kier molecular flexibility index (Phi) is 3.98. The second-order valence-corrected chi connectivity index (χ2v) is 6.17.